The van der Waals surface area contributed by atoms with Gasteiger partial charge in [0.05, 0.1) is 9.40 Å². The molecule has 1 aromatic rings. The number of nitro benzene ring substituents is 1. The number of nitrogens with zero attached hydrogens (tertiary/aromatic N) is 1. The molecule has 0 bridgehead atoms. The molecule has 0 aromatic heterocycles. The summed E-state index contributed by atoms with van der Waals surface area (Å²) in [4.78, 5) is 10.2. The van der Waals surface area contributed by atoms with Crippen molar-refractivity contribution in [3.05, 3.63) is 37.8 Å². The van der Waals surface area contributed by atoms with E-state index >= 15 is 0 Å². The van der Waals surface area contributed by atoms with Crippen LogP contribution in [0.25, 0.3) is 0 Å². The Balaban J connectivity index is 3.33. The lowest BCUT2D eigenvalue weighted by Crippen LogP contribution is -1.93. The van der Waals surface area contributed by atoms with Crippen LogP contribution in [0.2, 0.25) is 0 Å². The zero-order valence-corrected chi connectivity index (χ0v) is 10.1. The van der Waals surface area contributed by atoms with E-state index in [9.17, 15) is 10.1 Å². The zero-order valence-electron chi connectivity index (χ0n) is 6.88. The molecule has 0 aliphatic carbocycles. The van der Waals surface area contributed by atoms with Crippen molar-refractivity contribution in [1.82, 2.24) is 0 Å². The van der Waals surface area contributed by atoms with Crippen LogP contribution in [0.5, 0.6) is 0 Å². The van der Waals surface area contributed by atoms with Gasteiger partial charge < -0.3 is 0 Å². The van der Waals surface area contributed by atoms with Crippen LogP contribution < -0.4 is 0 Å². The summed E-state index contributed by atoms with van der Waals surface area (Å²) in [7, 11) is 0. The Hall–Kier alpha value is -0.420. The average Bonchev–Trinajstić information content (AvgIpc) is 2.09. The molecular formula is C8H7Br2NO2. The summed E-state index contributed by atoms with van der Waals surface area (Å²) in [6, 6.07) is 3.47. The van der Waals surface area contributed by atoms with E-state index in [1.54, 1.807) is 6.07 Å². The topological polar surface area (TPSA) is 43.1 Å². The molecule has 0 N–H and O–H groups in total. The minimum absolute atomic E-state index is 0.120. The minimum atomic E-state index is -0.386. The highest BCUT2D eigenvalue weighted by molar-refractivity contribution is 9.10. The molecular weight excluding hydrogens is 302 g/mol. The van der Waals surface area contributed by atoms with Gasteiger partial charge >= 0.3 is 0 Å². The summed E-state index contributed by atoms with van der Waals surface area (Å²) in [5, 5.41) is 11.2. The van der Waals surface area contributed by atoms with E-state index in [2.05, 4.69) is 31.9 Å². The third-order valence-electron chi connectivity index (χ3n) is 1.65. The van der Waals surface area contributed by atoms with Crippen LogP contribution >= 0.6 is 31.9 Å². The molecule has 0 spiro atoms. The molecule has 0 heterocycles. The molecule has 0 radical (unpaired) electrons. The van der Waals surface area contributed by atoms with Crippen LogP contribution in [0.1, 0.15) is 11.1 Å². The molecule has 0 amide bonds. The normalized spacial score (nSPS) is 10.1. The van der Waals surface area contributed by atoms with E-state index in [-0.39, 0.29) is 10.6 Å². The molecule has 0 aliphatic heterocycles. The quantitative estimate of drug-likeness (QED) is 0.476. The van der Waals surface area contributed by atoms with Gasteiger partial charge in [0.2, 0.25) is 0 Å². The van der Waals surface area contributed by atoms with Crippen molar-refractivity contribution in [2.45, 2.75) is 12.3 Å². The van der Waals surface area contributed by atoms with Gasteiger partial charge in [-0.2, -0.15) is 0 Å². The van der Waals surface area contributed by atoms with E-state index in [4.69, 9.17) is 0 Å². The molecule has 0 atom stereocenters. The summed E-state index contributed by atoms with van der Waals surface area (Å²) in [6.45, 7) is 1.84. The lowest BCUT2D eigenvalue weighted by Gasteiger charge is -2.02. The Morgan fingerprint density at radius 1 is 1.54 bits per heavy atom. The highest BCUT2D eigenvalue weighted by atomic mass is 79.9. The van der Waals surface area contributed by atoms with Gasteiger partial charge in [0.15, 0.2) is 0 Å². The SMILES string of the molecule is Cc1cc(CBr)cc([N+](=O)[O-])c1Br. The molecule has 70 valence electrons. The Kier molecular flexibility index (Phi) is 3.44. The summed E-state index contributed by atoms with van der Waals surface area (Å²) < 4.78 is 0.558. The van der Waals surface area contributed by atoms with E-state index in [1.165, 1.54) is 0 Å². The molecule has 13 heavy (non-hydrogen) atoms. The molecule has 1 rings (SSSR count). The number of nitro groups is 1. The van der Waals surface area contributed by atoms with Crippen LogP contribution in [0.4, 0.5) is 5.69 Å². The number of aryl methyl sites for hydroxylation is 1. The van der Waals surface area contributed by atoms with Crippen molar-refractivity contribution in [3.63, 3.8) is 0 Å². The summed E-state index contributed by atoms with van der Waals surface area (Å²) in [6.07, 6.45) is 0. The van der Waals surface area contributed by atoms with Gasteiger partial charge in [0, 0.05) is 11.4 Å². The second-order valence-electron chi connectivity index (χ2n) is 2.64. The van der Waals surface area contributed by atoms with Gasteiger partial charge in [0.25, 0.3) is 5.69 Å². The number of hydrogen-bond donors (Lipinski definition) is 0. The lowest BCUT2D eigenvalue weighted by atomic mass is 10.1. The van der Waals surface area contributed by atoms with E-state index in [1.807, 2.05) is 13.0 Å². The molecule has 0 unspecified atom stereocenters. The van der Waals surface area contributed by atoms with Crippen LogP contribution in [-0.2, 0) is 5.33 Å². The summed E-state index contributed by atoms with van der Waals surface area (Å²) in [5.74, 6) is 0. The Morgan fingerprint density at radius 2 is 2.15 bits per heavy atom. The maximum Gasteiger partial charge on any atom is 0.284 e. The van der Waals surface area contributed by atoms with E-state index in [0.29, 0.717) is 9.80 Å². The highest BCUT2D eigenvalue weighted by Gasteiger charge is 2.14. The third-order valence-corrected chi connectivity index (χ3v) is 3.33. The second kappa shape index (κ2) is 4.19. The van der Waals surface area contributed by atoms with Gasteiger partial charge in [-0.15, -0.1) is 0 Å². The number of halogens is 2. The molecule has 1 aromatic carbocycles. The molecule has 0 fully saturated rings. The van der Waals surface area contributed by atoms with Crippen LogP contribution in [0.15, 0.2) is 16.6 Å². The average molecular weight is 309 g/mol. The van der Waals surface area contributed by atoms with Crippen molar-refractivity contribution in [1.29, 1.82) is 0 Å². The molecule has 0 saturated heterocycles. The monoisotopic (exact) mass is 307 g/mol. The summed E-state index contributed by atoms with van der Waals surface area (Å²) >= 11 is 6.45. The molecule has 5 heteroatoms. The Morgan fingerprint density at radius 3 is 2.62 bits per heavy atom. The fourth-order valence-electron chi connectivity index (χ4n) is 1.03. The van der Waals surface area contributed by atoms with Crippen molar-refractivity contribution >= 4 is 37.5 Å². The zero-order chi connectivity index (χ0) is 10.0. The van der Waals surface area contributed by atoms with Crippen molar-refractivity contribution < 1.29 is 4.92 Å². The maximum absolute atomic E-state index is 10.6. The number of alkyl halides is 1. The molecule has 0 saturated carbocycles. The first-order valence-electron chi connectivity index (χ1n) is 3.55. The fourth-order valence-corrected chi connectivity index (χ4v) is 1.73. The molecule has 0 aliphatic rings. The van der Waals surface area contributed by atoms with Crippen LogP contribution in [0.3, 0.4) is 0 Å². The predicted molar refractivity (Wildman–Crippen MR) is 58.2 cm³/mol. The smallest absolute Gasteiger partial charge is 0.258 e. The minimum Gasteiger partial charge on any atom is -0.258 e. The Bertz CT molecular complexity index is 352. The van der Waals surface area contributed by atoms with Gasteiger partial charge in [-0.05, 0) is 34.0 Å². The third kappa shape index (κ3) is 2.28. The van der Waals surface area contributed by atoms with Crippen molar-refractivity contribution in [2.75, 3.05) is 0 Å². The van der Waals surface area contributed by atoms with Gasteiger partial charge in [0.1, 0.15) is 0 Å². The predicted octanol–water partition coefficient (Wildman–Crippen LogP) is 3.56. The summed E-state index contributed by atoms with van der Waals surface area (Å²) in [5.41, 5.74) is 1.91. The lowest BCUT2D eigenvalue weighted by molar-refractivity contribution is -0.385. The number of benzene rings is 1. The van der Waals surface area contributed by atoms with Gasteiger partial charge in [-0.1, -0.05) is 22.0 Å². The van der Waals surface area contributed by atoms with Gasteiger partial charge in [-0.25, -0.2) is 0 Å². The first kappa shape index (κ1) is 10.7. The molecule has 3 nitrogen and oxygen atoms in total. The van der Waals surface area contributed by atoms with Crippen LogP contribution in [0, 0.1) is 17.0 Å². The van der Waals surface area contributed by atoms with Gasteiger partial charge in [-0.3, -0.25) is 10.1 Å². The maximum atomic E-state index is 10.6. The van der Waals surface area contributed by atoms with E-state index < -0.39 is 0 Å². The van der Waals surface area contributed by atoms with Crippen molar-refractivity contribution in [2.24, 2.45) is 0 Å². The number of rotatable bonds is 2. The van der Waals surface area contributed by atoms with E-state index in [0.717, 1.165) is 11.1 Å². The van der Waals surface area contributed by atoms with Crippen LogP contribution in [-0.4, -0.2) is 4.92 Å². The standard InChI is InChI=1S/C8H7Br2NO2/c1-5-2-6(4-9)3-7(8(5)10)11(12)13/h2-3H,4H2,1H3. The first-order chi connectivity index (χ1) is 6.06. The second-order valence-corrected chi connectivity index (χ2v) is 3.99. The fraction of sp³-hybridized carbons (Fsp3) is 0.250. The highest BCUT2D eigenvalue weighted by Crippen LogP contribution is 2.30. The van der Waals surface area contributed by atoms with Crippen molar-refractivity contribution in [3.8, 4) is 0 Å². The first-order valence-corrected chi connectivity index (χ1v) is 5.47. The largest absolute Gasteiger partial charge is 0.284 e. The number of hydrogen-bond acceptors (Lipinski definition) is 2. The Labute approximate surface area is 92.5 Å².